The van der Waals surface area contributed by atoms with Crippen LogP contribution >= 0.6 is 0 Å². The number of benzene rings is 1. The summed E-state index contributed by atoms with van der Waals surface area (Å²) in [4.78, 5) is 4.31. The van der Waals surface area contributed by atoms with Crippen LogP contribution in [0.2, 0.25) is 0 Å². The second-order valence-corrected chi connectivity index (χ2v) is 3.37. The number of aromatic nitrogens is 1. The third kappa shape index (κ3) is 1.68. The fraction of sp³-hybridized carbons (Fsp3) is 0.364. The van der Waals surface area contributed by atoms with Crippen molar-refractivity contribution in [2.45, 2.75) is 13.5 Å². The number of nitrogens with one attached hydrogen (secondary N) is 1. The second kappa shape index (κ2) is 3.90. The first kappa shape index (κ1) is 9.98. The van der Waals surface area contributed by atoms with E-state index >= 15 is 0 Å². The first-order valence-corrected chi connectivity index (χ1v) is 4.84. The van der Waals surface area contributed by atoms with Gasteiger partial charge in [-0.3, -0.25) is 0 Å². The Morgan fingerprint density at radius 3 is 2.93 bits per heavy atom. The van der Waals surface area contributed by atoms with Crippen LogP contribution in [0.5, 0.6) is 5.75 Å². The van der Waals surface area contributed by atoms with E-state index in [1.54, 1.807) is 7.11 Å². The summed E-state index contributed by atoms with van der Waals surface area (Å²) in [5.74, 6) is 1.45. The quantitative estimate of drug-likeness (QED) is 0.832. The molecule has 0 spiro atoms. The lowest BCUT2D eigenvalue weighted by atomic mass is 10.2. The zero-order valence-corrected chi connectivity index (χ0v) is 9.13. The first-order valence-electron chi connectivity index (χ1n) is 4.84. The standard InChI is InChI=1S/C11H14N2O2/c1-7-13-10-9(15-7)5-4-8(6-12-2)11(10)14-3/h4-5,12H,6H2,1-3H3. The third-order valence-corrected chi connectivity index (χ3v) is 2.27. The lowest BCUT2D eigenvalue weighted by molar-refractivity contribution is 0.412. The largest absolute Gasteiger partial charge is 0.494 e. The Morgan fingerprint density at radius 1 is 1.47 bits per heavy atom. The Bertz CT molecular complexity index is 477. The van der Waals surface area contributed by atoms with E-state index in [2.05, 4.69) is 10.3 Å². The molecule has 0 aliphatic rings. The Morgan fingerprint density at radius 2 is 2.27 bits per heavy atom. The number of hydrogen-bond donors (Lipinski definition) is 1. The predicted molar refractivity (Wildman–Crippen MR) is 58.1 cm³/mol. The van der Waals surface area contributed by atoms with Crippen LogP contribution in [0, 0.1) is 6.92 Å². The van der Waals surface area contributed by atoms with E-state index in [1.807, 2.05) is 26.1 Å². The summed E-state index contributed by atoms with van der Waals surface area (Å²) >= 11 is 0. The number of ether oxygens (including phenoxy) is 1. The maximum absolute atomic E-state index is 5.43. The highest BCUT2D eigenvalue weighted by molar-refractivity contribution is 5.81. The normalized spacial score (nSPS) is 10.9. The van der Waals surface area contributed by atoms with Crippen molar-refractivity contribution < 1.29 is 9.15 Å². The molecule has 0 fully saturated rings. The number of hydrogen-bond acceptors (Lipinski definition) is 4. The number of oxazole rings is 1. The van der Waals surface area contributed by atoms with Gasteiger partial charge in [0.05, 0.1) is 7.11 Å². The van der Waals surface area contributed by atoms with Crippen molar-refractivity contribution in [3.05, 3.63) is 23.6 Å². The fourth-order valence-electron chi connectivity index (χ4n) is 1.68. The molecule has 4 nitrogen and oxygen atoms in total. The molecule has 0 atom stereocenters. The third-order valence-electron chi connectivity index (χ3n) is 2.27. The van der Waals surface area contributed by atoms with Gasteiger partial charge in [0.25, 0.3) is 0 Å². The molecule has 0 aliphatic carbocycles. The molecule has 15 heavy (non-hydrogen) atoms. The highest BCUT2D eigenvalue weighted by Gasteiger charge is 2.12. The molecule has 0 amide bonds. The van der Waals surface area contributed by atoms with Crippen molar-refractivity contribution in [2.24, 2.45) is 0 Å². The Hall–Kier alpha value is -1.55. The van der Waals surface area contributed by atoms with Gasteiger partial charge in [-0.05, 0) is 13.1 Å². The maximum atomic E-state index is 5.43. The van der Waals surface area contributed by atoms with Gasteiger partial charge in [-0.1, -0.05) is 6.07 Å². The Labute approximate surface area is 88.3 Å². The van der Waals surface area contributed by atoms with Crippen LogP contribution in [0.1, 0.15) is 11.5 Å². The first-order chi connectivity index (χ1) is 7.26. The lowest BCUT2D eigenvalue weighted by Gasteiger charge is -2.07. The molecule has 0 bridgehead atoms. The molecule has 80 valence electrons. The molecule has 1 heterocycles. The summed E-state index contributed by atoms with van der Waals surface area (Å²) in [6.07, 6.45) is 0. The average Bonchev–Trinajstić information content (AvgIpc) is 2.58. The van der Waals surface area contributed by atoms with Crippen molar-refractivity contribution in [2.75, 3.05) is 14.2 Å². The van der Waals surface area contributed by atoms with Crippen molar-refractivity contribution in [1.29, 1.82) is 0 Å². The highest BCUT2D eigenvalue weighted by atomic mass is 16.5. The van der Waals surface area contributed by atoms with Gasteiger partial charge in [0.1, 0.15) is 0 Å². The number of fused-ring (bicyclic) bond motifs is 1. The van der Waals surface area contributed by atoms with Crippen LogP contribution in [0.3, 0.4) is 0 Å². The molecular formula is C11H14N2O2. The summed E-state index contributed by atoms with van der Waals surface area (Å²) in [6.45, 7) is 2.59. The highest BCUT2D eigenvalue weighted by Crippen LogP contribution is 2.29. The van der Waals surface area contributed by atoms with E-state index in [-0.39, 0.29) is 0 Å². The van der Waals surface area contributed by atoms with Gasteiger partial charge in [0, 0.05) is 19.0 Å². The van der Waals surface area contributed by atoms with Crippen molar-refractivity contribution in [3.63, 3.8) is 0 Å². The van der Waals surface area contributed by atoms with E-state index in [4.69, 9.17) is 9.15 Å². The molecule has 0 aliphatic heterocycles. The molecule has 0 saturated heterocycles. The summed E-state index contributed by atoms with van der Waals surface area (Å²) in [5, 5.41) is 3.09. The zero-order chi connectivity index (χ0) is 10.8. The predicted octanol–water partition coefficient (Wildman–Crippen LogP) is 1.86. The molecule has 1 aromatic heterocycles. The minimum atomic E-state index is 0.657. The van der Waals surface area contributed by atoms with E-state index < -0.39 is 0 Å². The van der Waals surface area contributed by atoms with Crippen LogP contribution in [0.4, 0.5) is 0 Å². The number of nitrogens with zero attached hydrogens (tertiary/aromatic N) is 1. The summed E-state index contributed by atoms with van der Waals surface area (Å²) in [7, 11) is 3.55. The van der Waals surface area contributed by atoms with Gasteiger partial charge in [0.15, 0.2) is 22.7 Å². The lowest BCUT2D eigenvalue weighted by Crippen LogP contribution is -2.06. The van der Waals surface area contributed by atoms with Crippen LogP contribution in [0.15, 0.2) is 16.5 Å². The molecule has 2 rings (SSSR count). The average molecular weight is 206 g/mol. The van der Waals surface area contributed by atoms with Crippen LogP contribution in [-0.4, -0.2) is 19.1 Å². The van der Waals surface area contributed by atoms with Crippen LogP contribution in [-0.2, 0) is 6.54 Å². The minimum Gasteiger partial charge on any atom is -0.494 e. The summed E-state index contributed by atoms with van der Waals surface area (Å²) < 4.78 is 10.8. The van der Waals surface area contributed by atoms with Crippen molar-refractivity contribution >= 4 is 11.1 Å². The monoisotopic (exact) mass is 206 g/mol. The van der Waals surface area contributed by atoms with Gasteiger partial charge >= 0.3 is 0 Å². The molecule has 2 aromatic rings. The SMILES string of the molecule is CNCc1ccc2oc(C)nc2c1OC. The second-order valence-electron chi connectivity index (χ2n) is 3.37. The molecule has 0 saturated carbocycles. The zero-order valence-electron chi connectivity index (χ0n) is 9.13. The van der Waals surface area contributed by atoms with Gasteiger partial charge in [0.2, 0.25) is 0 Å². The number of aryl methyl sites for hydroxylation is 1. The van der Waals surface area contributed by atoms with E-state index in [0.29, 0.717) is 5.89 Å². The van der Waals surface area contributed by atoms with Gasteiger partial charge in [-0.15, -0.1) is 0 Å². The summed E-state index contributed by atoms with van der Waals surface area (Å²) in [6, 6.07) is 3.91. The van der Waals surface area contributed by atoms with E-state index in [1.165, 1.54) is 0 Å². The Kier molecular flexibility index (Phi) is 2.60. The molecule has 1 aromatic carbocycles. The maximum Gasteiger partial charge on any atom is 0.192 e. The topological polar surface area (TPSA) is 47.3 Å². The van der Waals surface area contributed by atoms with Crippen molar-refractivity contribution in [1.82, 2.24) is 10.3 Å². The van der Waals surface area contributed by atoms with E-state index in [0.717, 1.165) is 29.0 Å². The molecule has 0 radical (unpaired) electrons. The Balaban J connectivity index is 2.63. The minimum absolute atomic E-state index is 0.657. The molecular weight excluding hydrogens is 192 g/mol. The van der Waals surface area contributed by atoms with Crippen LogP contribution in [0.25, 0.3) is 11.1 Å². The summed E-state index contributed by atoms with van der Waals surface area (Å²) in [5.41, 5.74) is 2.65. The smallest absolute Gasteiger partial charge is 0.192 e. The molecule has 1 N–H and O–H groups in total. The van der Waals surface area contributed by atoms with Gasteiger partial charge < -0.3 is 14.5 Å². The van der Waals surface area contributed by atoms with E-state index in [9.17, 15) is 0 Å². The number of rotatable bonds is 3. The molecule has 0 unspecified atom stereocenters. The van der Waals surface area contributed by atoms with Crippen LogP contribution < -0.4 is 10.1 Å². The molecule has 4 heteroatoms. The van der Waals surface area contributed by atoms with Crippen molar-refractivity contribution in [3.8, 4) is 5.75 Å². The number of methoxy groups -OCH3 is 1. The fourth-order valence-corrected chi connectivity index (χ4v) is 1.68. The van der Waals surface area contributed by atoms with Gasteiger partial charge in [-0.2, -0.15) is 0 Å². The van der Waals surface area contributed by atoms with Gasteiger partial charge in [-0.25, -0.2) is 4.98 Å².